The molecule has 6 aromatic rings. The maximum absolute atomic E-state index is 4.93. The van der Waals surface area contributed by atoms with E-state index in [0.29, 0.717) is 0 Å². The minimum atomic E-state index is 0.989. The third-order valence-corrected chi connectivity index (χ3v) is 5.86. The van der Waals surface area contributed by atoms with Crippen LogP contribution in [0.3, 0.4) is 0 Å². The summed E-state index contributed by atoms with van der Waals surface area (Å²) < 4.78 is 0. The second-order valence-corrected chi connectivity index (χ2v) is 7.94. The first-order valence-electron chi connectivity index (χ1n) is 10.8. The first-order chi connectivity index (χ1) is 15.8. The van der Waals surface area contributed by atoms with Gasteiger partial charge in [0.25, 0.3) is 0 Å². The Hall–Kier alpha value is -4.30. The number of pyridine rings is 2. The summed E-state index contributed by atoms with van der Waals surface area (Å²) in [6.07, 6.45) is 0. The third kappa shape index (κ3) is 3.42. The van der Waals surface area contributed by atoms with Crippen molar-refractivity contribution in [2.75, 3.05) is 0 Å². The van der Waals surface area contributed by atoms with Crippen LogP contribution in [0.2, 0.25) is 0 Å². The van der Waals surface area contributed by atoms with E-state index >= 15 is 0 Å². The summed E-state index contributed by atoms with van der Waals surface area (Å²) in [6, 6.07) is 42.0. The average molecular weight is 409 g/mol. The molecule has 0 unspecified atom stereocenters. The summed E-state index contributed by atoms with van der Waals surface area (Å²) in [4.78, 5) is 9.86. The molecular weight excluding hydrogens is 388 g/mol. The number of benzene rings is 4. The molecule has 0 aliphatic rings. The molecule has 0 saturated heterocycles. The summed E-state index contributed by atoms with van der Waals surface area (Å²) in [5.74, 6) is 0. The molecule has 4 aromatic carbocycles. The molecule has 32 heavy (non-hydrogen) atoms. The Kier molecular flexibility index (Phi) is 4.47. The van der Waals surface area contributed by atoms with Crippen molar-refractivity contribution in [2.45, 2.75) is 0 Å². The molecular formula is C30H20N2. The highest BCUT2D eigenvalue weighted by Gasteiger charge is 2.07. The quantitative estimate of drug-likeness (QED) is 0.299. The van der Waals surface area contributed by atoms with E-state index < -0.39 is 0 Å². The van der Waals surface area contributed by atoms with Gasteiger partial charge in [0.15, 0.2) is 0 Å². The van der Waals surface area contributed by atoms with Crippen molar-refractivity contribution in [1.29, 1.82) is 0 Å². The van der Waals surface area contributed by atoms with E-state index in [9.17, 15) is 0 Å². The van der Waals surface area contributed by atoms with Gasteiger partial charge >= 0.3 is 0 Å². The van der Waals surface area contributed by atoms with E-state index in [1.807, 2.05) is 36.4 Å². The molecule has 2 heteroatoms. The first-order valence-corrected chi connectivity index (χ1v) is 10.8. The number of nitrogens with zero attached hydrogens (tertiary/aromatic N) is 2. The summed E-state index contributed by atoms with van der Waals surface area (Å²) in [5, 5.41) is 2.28. The van der Waals surface area contributed by atoms with Gasteiger partial charge in [-0.25, -0.2) is 9.97 Å². The van der Waals surface area contributed by atoms with E-state index in [4.69, 9.17) is 9.97 Å². The Morgan fingerprint density at radius 2 is 0.750 bits per heavy atom. The lowest BCUT2D eigenvalue weighted by Crippen LogP contribution is -1.88. The summed E-state index contributed by atoms with van der Waals surface area (Å²) in [6.45, 7) is 0. The molecule has 2 heterocycles. The predicted molar refractivity (Wildman–Crippen MR) is 133 cm³/mol. The van der Waals surface area contributed by atoms with Crippen molar-refractivity contribution in [3.05, 3.63) is 121 Å². The second-order valence-electron chi connectivity index (χ2n) is 7.94. The van der Waals surface area contributed by atoms with Crippen LogP contribution in [0, 0.1) is 0 Å². The van der Waals surface area contributed by atoms with Crippen molar-refractivity contribution in [2.24, 2.45) is 0 Å². The molecule has 0 aliphatic carbocycles. The fraction of sp³-hybridized carbons (Fsp3) is 0. The fourth-order valence-corrected chi connectivity index (χ4v) is 4.13. The van der Waals surface area contributed by atoms with Crippen LogP contribution in [0.1, 0.15) is 0 Å². The molecule has 6 rings (SSSR count). The van der Waals surface area contributed by atoms with Gasteiger partial charge in [-0.2, -0.15) is 0 Å². The van der Waals surface area contributed by atoms with Crippen LogP contribution in [0.25, 0.3) is 55.4 Å². The van der Waals surface area contributed by atoms with Crippen LogP contribution in [-0.4, -0.2) is 9.97 Å². The zero-order chi connectivity index (χ0) is 21.3. The molecule has 0 saturated carbocycles. The lowest BCUT2D eigenvalue weighted by atomic mass is 10.0. The maximum Gasteiger partial charge on any atom is 0.0715 e. The van der Waals surface area contributed by atoms with Crippen LogP contribution in [0.4, 0.5) is 0 Å². The van der Waals surface area contributed by atoms with Crippen LogP contribution in [0.15, 0.2) is 121 Å². The Morgan fingerprint density at radius 1 is 0.344 bits per heavy atom. The molecule has 150 valence electrons. The summed E-state index contributed by atoms with van der Waals surface area (Å²) in [5.41, 5.74) is 8.51. The van der Waals surface area contributed by atoms with Crippen molar-refractivity contribution in [3.8, 4) is 33.6 Å². The molecule has 0 aliphatic heterocycles. The molecule has 0 radical (unpaired) electrons. The van der Waals surface area contributed by atoms with Crippen LogP contribution in [0.5, 0.6) is 0 Å². The lowest BCUT2D eigenvalue weighted by Gasteiger charge is -2.08. The molecule has 0 spiro atoms. The van der Waals surface area contributed by atoms with E-state index in [1.54, 1.807) is 0 Å². The highest BCUT2D eigenvalue weighted by atomic mass is 14.7. The van der Waals surface area contributed by atoms with E-state index in [1.165, 1.54) is 0 Å². The van der Waals surface area contributed by atoms with E-state index in [2.05, 4.69) is 84.9 Å². The standard InChI is InChI=1S/C30H20N2/c1-3-7-21(8-4-1)27-17-15-23-11-13-25(19-29(23)31-27)26-14-12-24-16-18-28(32-30(24)20-26)22-9-5-2-6-10-22/h1-20H. The topological polar surface area (TPSA) is 25.8 Å². The fourth-order valence-electron chi connectivity index (χ4n) is 4.13. The lowest BCUT2D eigenvalue weighted by molar-refractivity contribution is 1.39. The number of fused-ring (bicyclic) bond motifs is 2. The molecule has 2 aromatic heterocycles. The van der Waals surface area contributed by atoms with Crippen molar-refractivity contribution in [3.63, 3.8) is 0 Å². The van der Waals surface area contributed by atoms with Gasteiger partial charge in [0, 0.05) is 21.9 Å². The zero-order valence-electron chi connectivity index (χ0n) is 17.4. The molecule has 0 fully saturated rings. The first kappa shape index (κ1) is 18.5. The van der Waals surface area contributed by atoms with Gasteiger partial charge in [-0.3, -0.25) is 0 Å². The van der Waals surface area contributed by atoms with Gasteiger partial charge in [0.1, 0.15) is 0 Å². The monoisotopic (exact) mass is 408 g/mol. The Labute approximate surface area is 186 Å². The summed E-state index contributed by atoms with van der Waals surface area (Å²) >= 11 is 0. The molecule has 2 nitrogen and oxygen atoms in total. The maximum atomic E-state index is 4.93. The smallest absolute Gasteiger partial charge is 0.0715 e. The van der Waals surface area contributed by atoms with Crippen molar-refractivity contribution < 1.29 is 0 Å². The van der Waals surface area contributed by atoms with E-state index in [0.717, 1.165) is 55.4 Å². The predicted octanol–water partition coefficient (Wildman–Crippen LogP) is 7.78. The highest BCUT2D eigenvalue weighted by Crippen LogP contribution is 2.29. The van der Waals surface area contributed by atoms with Crippen molar-refractivity contribution in [1.82, 2.24) is 9.97 Å². The van der Waals surface area contributed by atoms with Crippen molar-refractivity contribution >= 4 is 21.8 Å². The minimum absolute atomic E-state index is 0.989. The van der Waals surface area contributed by atoms with Gasteiger partial charge in [-0.15, -0.1) is 0 Å². The highest BCUT2D eigenvalue weighted by molar-refractivity contribution is 5.90. The molecule has 0 N–H and O–H groups in total. The minimum Gasteiger partial charge on any atom is -0.248 e. The van der Waals surface area contributed by atoms with Gasteiger partial charge in [0.05, 0.1) is 22.4 Å². The molecule has 0 amide bonds. The largest absolute Gasteiger partial charge is 0.248 e. The number of hydrogen-bond acceptors (Lipinski definition) is 2. The van der Waals surface area contributed by atoms with Crippen LogP contribution < -0.4 is 0 Å². The van der Waals surface area contributed by atoms with Gasteiger partial charge < -0.3 is 0 Å². The molecule has 0 bridgehead atoms. The molecule has 0 atom stereocenters. The average Bonchev–Trinajstić information content (AvgIpc) is 2.88. The third-order valence-electron chi connectivity index (χ3n) is 5.86. The Morgan fingerprint density at radius 3 is 1.19 bits per heavy atom. The van der Waals surface area contributed by atoms with Gasteiger partial charge in [-0.1, -0.05) is 97.1 Å². The van der Waals surface area contributed by atoms with Gasteiger partial charge in [0.2, 0.25) is 0 Å². The number of hydrogen-bond donors (Lipinski definition) is 0. The van der Waals surface area contributed by atoms with Crippen LogP contribution in [-0.2, 0) is 0 Å². The van der Waals surface area contributed by atoms with Gasteiger partial charge in [-0.05, 0) is 35.4 Å². The van der Waals surface area contributed by atoms with Crippen LogP contribution >= 0.6 is 0 Å². The number of rotatable bonds is 3. The number of aromatic nitrogens is 2. The Balaban J connectivity index is 1.43. The zero-order valence-corrected chi connectivity index (χ0v) is 17.4. The summed E-state index contributed by atoms with van der Waals surface area (Å²) in [7, 11) is 0. The second kappa shape index (κ2) is 7.75. The SMILES string of the molecule is c1ccc(-c2ccc3ccc(-c4ccc5ccc(-c6ccccc6)nc5c4)cc3n2)cc1. The van der Waals surface area contributed by atoms with E-state index in [-0.39, 0.29) is 0 Å². The normalized spacial score (nSPS) is 11.1. The Bertz CT molecular complexity index is 1430.